The molecule has 6 heteroatoms. The lowest BCUT2D eigenvalue weighted by molar-refractivity contribution is 0.293. The average molecular weight is 268 g/mol. The Balaban J connectivity index is 3.33. The minimum Gasteiger partial charge on any atom is -0.385 e. The number of rotatable bonds is 6. The van der Waals surface area contributed by atoms with E-state index in [-0.39, 0.29) is 17.4 Å². The molecule has 0 aliphatic carbocycles. The second-order valence-electron chi connectivity index (χ2n) is 4.71. The molecule has 1 atom stereocenters. The summed E-state index contributed by atoms with van der Waals surface area (Å²) in [6.07, 6.45) is 0.779. The number of hydrogen-bond acceptors (Lipinski definition) is 4. The fraction of sp³-hybridized carbons (Fsp3) is 0.692. The van der Waals surface area contributed by atoms with Crippen LogP contribution < -0.4 is 17.0 Å². The fourth-order valence-corrected chi connectivity index (χ4v) is 2.05. The third-order valence-corrected chi connectivity index (χ3v) is 3.59. The van der Waals surface area contributed by atoms with E-state index in [1.807, 2.05) is 27.7 Å². The second kappa shape index (κ2) is 6.56. The van der Waals surface area contributed by atoms with Gasteiger partial charge in [0, 0.05) is 12.6 Å². The zero-order chi connectivity index (χ0) is 14.6. The molecule has 0 aliphatic rings. The summed E-state index contributed by atoms with van der Waals surface area (Å²) in [5, 5.41) is 0. The van der Waals surface area contributed by atoms with E-state index in [9.17, 15) is 9.59 Å². The van der Waals surface area contributed by atoms with Crippen molar-refractivity contribution in [3.05, 3.63) is 26.4 Å². The molecule has 0 saturated carbocycles. The van der Waals surface area contributed by atoms with E-state index in [1.165, 1.54) is 4.57 Å². The average Bonchev–Trinajstić information content (AvgIpc) is 2.38. The molecule has 0 radical (unpaired) electrons. The molecular formula is C13H24N4O2. The summed E-state index contributed by atoms with van der Waals surface area (Å²) in [6.45, 7) is 10.1. The van der Waals surface area contributed by atoms with Crippen LogP contribution in [0.15, 0.2) is 9.59 Å². The summed E-state index contributed by atoms with van der Waals surface area (Å²) in [5.41, 5.74) is 5.70. The van der Waals surface area contributed by atoms with Gasteiger partial charge >= 0.3 is 5.69 Å². The van der Waals surface area contributed by atoms with Crippen molar-refractivity contribution in [2.24, 2.45) is 0 Å². The number of nitrogens with zero attached hydrogens (tertiary/aromatic N) is 2. The molecule has 1 heterocycles. The van der Waals surface area contributed by atoms with Crippen LogP contribution in [0.4, 0.5) is 5.82 Å². The van der Waals surface area contributed by atoms with Gasteiger partial charge in [0.15, 0.2) is 0 Å². The first-order valence-corrected chi connectivity index (χ1v) is 6.81. The fourth-order valence-electron chi connectivity index (χ4n) is 2.05. The van der Waals surface area contributed by atoms with Crippen molar-refractivity contribution in [3.63, 3.8) is 0 Å². The van der Waals surface area contributed by atoms with Crippen LogP contribution in [0, 0.1) is 0 Å². The Bertz CT molecular complexity index is 528. The van der Waals surface area contributed by atoms with Gasteiger partial charge in [0.2, 0.25) is 0 Å². The Kier molecular flexibility index (Phi) is 5.35. The summed E-state index contributed by atoms with van der Waals surface area (Å²) in [7, 11) is 0. The van der Waals surface area contributed by atoms with E-state index >= 15 is 0 Å². The van der Waals surface area contributed by atoms with Crippen molar-refractivity contribution in [2.45, 2.75) is 46.7 Å². The lowest BCUT2D eigenvalue weighted by Gasteiger charge is -2.21. The first-order valence-electron chi connectivity index (χ1n) is 6.81. The molecule has 3 N–H and O–H groups in total. The number of aromatic amines is 1. The molecule has 0 fully saturated rings. The predicted molar refractivity (Wildman–Crippen MR) is 77.4 cm³/mol. The van der Waals surface area contributed by atoms with Gasteiger partial charge in [-0.25, -0.2) is 4.79 Å². The number of H-pyrrole nitrogens is 1. The third-order valence-electron chi connectivity index (χ3n) is 3.59. The summed E-state index contributed by atoms with van der Waals surface area (Å²) < 4.78 is 1.47. The smallest absolute Gasteiger partial charge is 0.330 e. The Labute approximate surface area is 113 Å². The molecule has 1 aromatic rings. The molecule has 0 amide bonds. The first kappa shape index (κ1) is 15.5. The Morgan fingerprint density at radius 3 is 2.32 bits per heavy atom. The van der Waals surface area contributed by atoms with Gasteiger partial charge in [0.05, 0.1) is 5.56 Å². The van der Waals surface area contributed by atoms with Crippen LogP contribution in [0.25, 0.3) is 0 Å². The van der Waals surface area contributed by atoms with Crippen molar-refractivity contribution in [1.29, 1.82) is 0 Å². The molecule has 0 saturated heterocycles. The third kappa shape index (κ3) is 3.26. The molecule has 6 nitrogen and oxygen atoms in total. The molecule has 1 unspecified atom stereocenters. The quantitative estimate of drug-likeness (QED) is 0.804. The monoisotopic (exact) mass is 268 g/mol. The number of nitrogens with one attached hydrogen (secondary N) is 1. The predicted octanol–water partition coefficient (Wildman–Crippen LogP) is 0.932. The van der Waals surface area contributed by atoms with Crippen LogP contribution in [0.1, 0.15) is 45.7 Å². The van der Waals surface area contributed by atoms with Crippen LogP contribution in [0.3, 0.4) is 0 Å². The second-order valence-corrected chi connectivity index (χ2v) is 4.71. The zero-order valence-corrected chi connectivity index (χ0v) is 12.2. The number of nitrogens with two attached hydrogens (primary N) is 1. The van der Waals surface area contributed by atoms with Crippen molar-refractivity contribution in [3.8, 4) is 0 Å². The van der Waals surface area contributed by atoms with Crippen LogP contribution in [-0.4, -0.2) is 27.5 Å². The summed E-state index contributed by atoms with van der Waals surface area (Å²) in [6, 6.07) is -0.0280. The van der Waals surface area contributed by atoms with Gasteiger partial charge < -0.3 is 5.73 Å². The number of hydrogen-bond donors (Lipinski definition) is 2. The van der Waals surface area contributed by atoms with Crippen molar-refractivity contribution in [2.75, 3.05) is 18.8 Å². The largest absolute Gasteiger partial charge is 0.385 e. The van der Waals surface area contributed by atoms with Gasteiger partial charge in [0.1, 0.15) is 5.82 Å². The van der Waals surface area contributed by atoms with Crippen molar-refractivity contribution in [1.82, 2.24) is 14.5 Å². The summed E-state index contributed by atoms with van der Waals surface area (Å²) in [4.78, 5) is 28.2. The van der Waals surface area contributed by atoms with Gasteiger partial charge in [-0.1, -0.05) is 20.8 Å². The standard InChI is InChI=1S/C13H24N4O2/c1-5-9(4)17-11(14)10(8-16(6-2)7-3)12(18)15-13(17)19/h9H,5-8,14H2,1-4H3,(H,15,18,19). The maximum atomic E-state index is 11.9. The minimum atomic E-state index is -0.430. The summed E-state index contributed by atoms with van der Waals surface area (Å²) >= 11 is 0. The highest BCUT2D eigenvalue weighted by atomic mass is 16.2. The Hall–Kier alpha value is -1.56. The molecule has 0 bridgehead atoms. The SMILES string of the molecule is CCC(C)n1c(N)c(CN(CC)CC)c(=O)[nH]c1=O. The highest BCUT2D eigenvalue weighted by molar-refractivity contribution is 5.38. The minimum absolute atomic E-state index is 0.0280. The molecule has 19 heavy (non-hydrogen) atoms. The highest BCUT2D eigenvalue weighted by Gasteiger charge is 2.16. The van der Waals surface area contributed by atoms with Crippen molar-refractivity contribution < 1.29 is 0 Å². The molecule has 0 aromatic carbocycles. The van der Waals surface area contributed by atoms with Gasteiger partial charge in [-0.3, -0.25) is 19.2 Å². The van der Waals surface area contributed by atoms with Crippen LogP contribution in [0.5, 0.6) is 0 Å². The topological polar surface area (TPSA) is 84.1 Å². The Morgan fingerprint density at radius 1 is 1.26 bits per heavy atom. The molecule has 0 spiro atoms. The molecule has 1 aromatic heterocycles. The van der Waals surface area contributed by atoms with Gasteiger partial charge in [-0.05, 0) is 26.4 Å². The van der Waals surface area contributed by atoms with Crippen molar-refractivity contribution >= 4 is 5.82 Å². The number of nitrogen functional groups attached to an aromatic ring is 1. The van der Waals surface area contributed by atoms with Gasteiger partial charge in [0.25, 0.3) is 5.56 Å². The van der Waals surface area contributed by atoms with E-state index in [0.717, 1.165) is 19.5 Å². The van der Waals surface area contributed by atoms with Crippen LogP contribution in [-0.2, 0) is 6.54 Å². The lowest BCUT2D eigenvalue weighted by Crippen LogP contribution is -2.38. The molecule has 1 rings (SSSR count). The van der Waals surface area contributed by atoms with Gasteiger partial charge in [-0.2, -0.15) is 0 Å². The maximum absolute atomic E-state index is 11.9. The van der Waals surface area contributed by atoms with E-state index in [4.69, 9.17) is 5.73 Å². The van der Waals surface area contributed by atoms with Gasteiger partial charge in [-0.15, -0.1) is 0 Å². The molecular weight excluding hydrogens is 244 g/mol. The number of aromatic nitrogens is 2. The molecule has 108 valence electrons. The van der Waals surface area contributed by atoms with E-state index in [2.05, 4.69) is 9.88 Å². The van der Waals surface area contributed by atoms with Crippen LogP contribution in [0.2, 0.25) is 0 Å². The summed E-state index contributed by atoms with van der Waals surface area (Å²) in [5.74, 6) is 0.287. The maximum Gasteiger partial charge on any atom is 0.330 e. The number of anilines is 1. The van der Waals surface area contributed by atoms with E-state index in [0.29, 0.717) is 12.1 Å². The highest BCUT2D eigenvalue weighted by Crippen LogP contribution is 2.15. The molecule has 0 aliphatic heterocycles. The first-order chi connectivity index (χ1) is 8.96. The lowest BCUT2D eigenvalue weighted by atomic mass is 10.2. The zero-order valence-electron chi connectivity index (χ0n) is 12.2. The van der Waals surface area contributed by atoms with E-state index < -0.39 is 5.69 Å². The Morgan fingerprint density at radius 2 is 1.84 bits per heavy atom. The van der Waals surface area contributed by atoms with E-state index in [1.54, 1.807) is 0 Å². The van der Waals surface area contributed by atoms with Crippen LogP contribution >= 0.6 is 0 Å². The normalized spacial score (nSPS) is 12.9.